The molecule has 0 spiro atoms. The lowest BCUT2D eigenvalue weighted by Gasteiger charge is -1.69. The predicted molar refractivity (Wildman–Crippen MR) is 25.7 cm³/mol. The molecule has 0 aromatic rings. The van der Waals surface area contributed by atoms with Crippen LogP contribution in [0.15, 0.2) is 4.48 Å². The molecule has 0 saturated heterocycles. The summed E-state index contributed by atoms with van der Waals surface area (Å²) < 4.78 is 0.456. The molecule has 27 valence electrons. The Morgan fingerprint density at radius 2 is 2.20 bits per heavy atom. The van der Waals surface area contributed by atoms with E-state index in [-0.39, 0.29) is 0 Å². The zero-order valence-corrected chi connectivity index (χ0v) is 4.38. The van der Waals surface area contributed by atoms with Crippen molar-refractivity contribution in [3.8, 4) is 0 Å². The summed E-state index contributed by atoms with van der Waals surface area (Å²) in [6, 6.07) is 0. The predicted octanol–water partition coefficient (Wildman–Crippen LogP) is 1.80. The van der Waals surface area contributed by atoms with Crippen LogP contribution in [0.2, 0.25) is 0 Å². The van der Waals surface area contributed by atoms with Crippen LogP contribution in [0.25, 0.3) is 0 Å². The highest BCUT2D eigenvalue weighted by atomic mass is 79.9. The van der Waals surface area contributed by atoms with Crippen molar-refractivity contribution < 1.29 is 0 Å². The summed E-state index contributed by atoms with van der Waals surface area (Å²) in [5, 5.41) is 0. The SMILES string of the molecule is [C+]=C(Br)C[CH2-]. The summed E-state index contributed by atoms with van der Waals surface area (Å²) >= 11 is 2.89. The Morgan fingerprint density at radius 3 is 2.20 bits per heavy atom. The molecule has 5 heavy (non-hydrogen) atoms. The van der Waals surface area contributed by atoms with Crippen molar-refractivity contribution in [3.63, 3.8) is 0 Å². The third kappa shape index (κ3) is 4.13. The van der Waals surface area contributed by atoms with Gasteiger partial charge in [-0.05, 0) is 0 Å². The lowest BCUT2D eigenvalue weighted by molar-refractivity contribution is 1.39. The van der Waals surface area contributed by atoms with Gasteiger partial charge in [0.25, 0.3) is 4.48 Å². The van der Waals surface area contributed by atoms with E-state index in [4.69, 9.17) is 6.58 Å². The molecule has 0 aliphatic heterocycles. The first-order valence-electron chi connectivity index (χ1n) is 1.29. The number of hydrogen-bond acceptors (Lipinski definition) is 0. The third-order valence-corrected chi connectivity index (χ3v) is 0.616. The van der Waals surface area contributed by atoms with Gasteiger partial charge in [-0.25, -0.2) is 0 Å². The zero-order valence-electron chi connectivity index (χ0n) is 2.79. The van der Waals surface area contributed by atoms with Gasteiger partial charge in [-0.1, -0.05) is 6.42 Å². The standard InChI is InChI=1S/C4H4Br/c1-3-4(2)5/h1,3H2. The highest BCUT2D eigenvalue weighted by molar-refractivity contribution is 9.11. The molecular formula is C4H4Br. The van der Waals surface area contributed by atoms with Gasteiger partial charge in [-0.15, -0.1) is 0 Å². The van der Waals surface area contributed by atoms with Crippen molar-refractivity contribution in [1.29, 1.82) is 0 Å². The zero-order chi connectivity index (χ0) is 4.28. The molecule has 0 aliphatic rings. The van der Waals surface area contributed by atoms with Crippen molar-refractivity contribution in [2.75, 3.05) is 0 Å². The van der Waals surface area contributed by atoms with E-state index in [2.05, 4.69) is 22.9 Å². The van der Waals surface area contributed by atoms with E-state index < -0.39 is 0 Å². The Balaban J connectivity index is 2.85. The molecule has 0 rings (SSSR count). The minimum absolute atomic E-state index is 0.456. The molecule has 0 aromatic carbocycles. The van der Waals surface area contributed by atoms with Crippen LogP contribution >= 0.6 is 15.9 Å². The maximum atomic E-state index is 6.60. The minimum atomic E-state index is 0.456. The number of hydrogen-bond donors (Lipinski definition) is 0. The van der Waals surface area contributed by atoms with Crippen LogP contribution in [0.4, 0.5) is 0 Å². The lowest BCUT2D eigenvalue weighted by Crippen LogP contribution is -1.53. The second-order valence-corrected chi connectivity index (χ2v) is 1.61. The molecule has 1 radical (unpaired) electrons. The van der Waals surface area contributed by atoms with E-state index in [0.717, 1.165) is 0 Å². The lowest BCUT2D eigenvalue weighted by atomic mass is 10.5. The molecule has 0 fully saturated rings. The molecule has 0 amide bonds. The van der Waals surface area contributed by atoms with Gasteiger partial charge in [0.1, 0.15) is 0 Å². The van der Waals surface area contributed by atoms with Gasteiger partial charge < -0.3 is 6.92 Å². The summed E-state index contributed by atoms with van der Waals surface area (Å²) in [5.41, 5.74) is 0. The van der Waals surface area contributed by atoms with E-state index >= 15 is 0 Å². The first-order valence-corrected chi connectivity index (χ1v) is 2.09. The van der Waals surface area contributed by atoms with Crippen LogP contribution in [0.3, 0.4) is 0 Å². The van der Waals surface area contributed by atoms with Crippen LogP contribution in [-0.4, -0.2) is 0 Å². The van der Waals surface area contributed by atoms with Gasteiger partial charge in [0.15, 0.2) is 0 Å². The Hall–Kier alpha value is 0.130. The number of halogens is 1. The van der Waals surface area contributed by atoms with Gasteiger partial charge in [0.05, 0.1) is 0 Å². The van der Waals surface area contributed by atoms with Crippen LogP contribution in [0.1, 0.15) is 6.42 Å². The van der Waals surface area contributed by atoms with Crippen molar-refractivity contribution in [3.05, 3.63) is 18.0 Å². The van der Waals surface area contributed by atoms with Crippen LogP contribution in [-0.2, 0) is 0 Å². The highest BCUT2D eigenvalue weighted by Crippen LogP contribution is 2.01. The smallest absolute Gasteiger partial charge is 0.334 e. The van der Waals surface area contributed by atoms with Gasteiger partial charge in [-0.3, -0.25) is 0 Å². The first kappa shape index (κ1) is 5.13. The normalized spacial score (nSPS) is 7.40. The van der Waals surface area contributed by atoms with E-state index in [0.29, 0.717) is 10.9 Å². The first-order chi connectivity index (χ1) is 2.27. The van der Waals surface area contributed by atoms with E-state index in [9.17, 15) is 0 Å². The summed E-state index contributed by atoms with van der Waals surface area (Å²) in [6.07, 6.45) is 0.556. The van der Waals surface area contributed by atoms with Crippen LogP contribution < -0.4 is 0 Å². The summed E-state index contributed by atoms with van der Waals surface area (Å²) in [5.74, 6) is 0. The average molecular weight is 132 g/mol. The Kier molecular flexibility index (Phi) is 2.43. The summed E-state index contributed by atoms with van der Waals surface area (Å²) in [7, 11) is 0. The molecule has 1 heteroatoms. The van der Waals surface area contributed by atoms with Gasteiger partial charge in [0.2, 0.25) is 0 Å². The van der Waals surface area contributed by atoms with Crippen molar-refractivity contribution >= 4 is 15.9 Å². The highest BCUT2D eigenvalue weighted by Gasteiger charge is 1.86. The van der Waals surface area contributed by atoms with Crippen molar-refractivity contribution in [2.45, 2.75) is 6.42 Å². The van der Waals surface area contributed by atoms with E-state index in [1.165, 1.54) is 0 Å². The molecular weight excluding hydrogens is 128 g/mol. The molecule has 0 bridgehead atoms. The van der Waals surface area contributed by atoms with Crippen molar-refractivity contribution in [1.82, 2.24) is 0 Å². The van der Waals surface area contributed by atoms with Gasteiger partial charge in [-0.2, -0.15) is 0 Å². The molecule has 0 nitrogen and oxygen atoms in total. The topological polar surface area (TPSA) is 0 Å². The molecule has 0 aromatic heterocycles. The maximum Gasteiger partial charge on any atom is 0.567 e. The van der Waals surface area contributed by atoms with E-state index in [1.54, 1.807) is 0 Å². The quantitative estimate of drug-likeness (QED) is 0.477. The van der Waals surface area contributed by atoms with Crippen molar-refractivity contribution in [2.24, 2.45) is 0 Å². The number of rotatable bonds is 1. The van der Waals surface area contributed by atoms with E-state index in [1.807, 2.05) is 0 Å². The molecule has 0 atom stereocenters. The fourth-order valence-electron chi connectivity index (χ4n) is 0. The van der Waals surface area contributed by atoms with Gasteiger partial charge >= 0.3 is 6.58 Å². The Bertz CT molecular complexity index is 38.9. The largest absolute Gasteiger partial charge is 0.567 e. The summed E-state index contributed by atoms with van der Waals surface area (Å²) in [4.78, 5) is 0. The number of allylic oxidation sites excluding steroid dienone is 1. The Morgan fingerprint density at radius 1 is 2.00 bits per heavy atom. The second kappa shape index (κ2) is 2.37. The third-order valence-electron chi connectivity index (χ3n) is 0.219. The molecule has 0 saturated carbocycles. The monoisotopic (exact) mass is 131 g/mol. The van der Waals surface area contributed by atoms with Gasteiger partial charge in [0, 0.05) is 15.9 Å². The molecule has 0 heterocycles. The minimum Gasteiger partial charge on any atom is -0.334 e. The van der Waals surface area contributed by atoms with Crippen LogP contribution in [0.5, 0.6) is 0 Å². The fourth-order valence-corrected chi connectivity index (χ4v) is 0. The van der Waals surface area contributed by atoms with Crippen LogP contribution in [0, 0.1) is 13.5 Å². The average Bonchev–Trinajstić information content (AvgIpc) is 1.38. The Labute approximate surface area is 41.0 Å². The maximum absolute atomic E-state index is 6.60. The molecule has 0 unspecified atom stereocenters. The molecule has 0 aliphatic carbocycles. The second-order valence-electron chi connectivity index (χ2n) is 0.655. The molecule has 0 N–H and O–H groups in total. The fraction of sp³-hybridized carbons (Fsp3) is 0.250. The summed E-state index contributed by atoms with van der Waals surface area (Å²) in [6.45, 7) is 10.0.